The van der Waals surface area contributed by atoms with Crippen molar-refractivity contribution in [1.29, 1.82) is 0 Å². The smallest absolute Gasteiger partial charge is 0.338 e. The summed E-state index contributed by atoms with van der Waals surface area (Å²) >= 11 is 0. The van der Waals surface area contributed by atoms with Gasteiger partial charge in [0.25, 0.3) is 10.0 Å². The molecule has 3 aromatic carbocycles. The van der Waals surface area contributed by atoms with Gasteiger partial charge in [0.05, 0.1) is 23.3 Å². The first-order valence-electron chi connectivity index (χ1n) is 9.97. The van der Waals surface area contributed by atoms with E-state index in [1.807, 2.05) is 6.92 Å². The van der Waals surface area contributed by atoms with E-state index in [0.29, 0.717) is 11.3 Å². The fourth-order valence-corrected chi connectivity index (χ4v) is 4.64. The molecule has 0 aromatic heterocycles. The van der Waals surface area contributed by atoms with E-state index in [1.165, 1.54) is 37.4 Å². The Hall–Kier alpha value is -3.72. The predicted molar refractivity (Wildman–Crippen MR) is 123 cm³/mol. The Morgan fingerprint density at radius 2 is 1.64 bits per heavy atom. The minimum Gasteiger partial charge on any atom is -0.465 e. The van der Waals surface area contributed by atoms with Gasteiger partial charge in [-0.15, -0.1) is 0 Å². The first-order chi connectivity index (χ1) is 15.6. The van der Waals surface area contributed by atoms with Gasteiger partial charge in [-0.25, -0.2) is 17.6 Å². The fraction of sp³-hybridized carbons (Fsp3) is 0.167. The number of anilines is 2. The number of benzene rings is 3. The van der Waals surface area contributed by atoms with Crippen molar-refractivity contribution in [3.05, 3.63) is 89.2 Å². The maximum Gasteiger partial charge on any atom is 0.338 e. The molecule has 0 bridgehead atoms. The predicted octanol–water partition coefficient (Wildman–Crippen LogP) is 4.06. The Morgan fingerprint density at radius 1 is 0.970 bits per heavy atom. The lowest BCUT2D eigenvalue weighted by Crippen LogP contribution is -2.38. The summed E-state index contributed by atoms with van der Waals surface area (Å²) in [7, 11) is -3.01. The van der Waals surface area contributed by atoms with E-state index in [2.05, 4.69) is 5.32 Å². The number of carbonyl (C=O) groups excluding carboxylic acids is 2. The molecule has 33 heavy (non-hydrogen) atoms. The molecule has 7 nitrogen and oxygen atoms in total. The average Bonchev–Trinajstić information content (AvgIpc) is 2.79. The molecule has 0 aliphatic heterocycles. The highest BCUT2D eigenvalue weighted by Crippen LogP contribution is 2.27. The zero-order valence-corrected chi connectivity index (χ0v) is 19.1. The monoisotopic (exact) mass is 470 g/mol. The molecule has 0 aliphatic rings. The molecule has 0 saturated carbocycles. The third kappa shape index (κ3) is 5.20. The van der Waals surface area contributed by atoms with Crippen LogP contribution < -0.4 is 9.62 Å². The normalized spacial score (nSPS) is 11.0. The summed E-state index contributed by atoms with van der Waals surface area (Å²) < 4.78 is 46.7. The van der Waals surface area contributed by atoms with Crippen LogP contribution in [0.2, 0.25) is 0 Å². The molecule has 1 amide bonds. The minimum atomic E-state index is -4.26. The van der Waals surface area contributed by atoms with E-state index in [0.717, 1.165) is 15.9 Å². The molecule has 0 saturated heterocycles. The molecule has 0 radical (unpaired) electrons. The van der Waals surface area contributed by atoms with Crippen LogP contribution in [0.1, 0.15) is 21.5 Å². The number of hydrogen-bond acceptors (Lipinski definition) is 5. The maximum atomic E-state index is 14.6. The summed E-state index contributed by atoms with van der Waals surface area (Å²) in [5.41, 5.74) is 1.62. The van der Waals surface area contributed by atoms with Crippen LogP contribution in [-0.4, -0.2) is 33.9 Å². The number of carbonyl (C=O) groups is 2. The van der Waals surface area contributed by atoms with Gasteiger partial charge in [0.2, 0.25) is 5.91 Å². The highest BCUT2D eigenvalue weighted by molar-refractivity contribution is 7.92. The minimum absolute atomic E-state index is 0.0759. The Morgan fingerprint density at radius 3 is 2.27 bits per heavy atom. The van der Waals surface area contributed by atoms with Crippen molar-refractivity contribution in [3.8, 4) is 0 Å². The summed E-state index contributed by atoms with van der Waals surface area (Å²) in [6, 6.07) is 16.0. The summed E-state index contributed by atoms with van der Waals surface area (Å²) in [6.07, 6.45) is 0. The van der Waals surface area contributed by atoms with E-state index in [-0.39, 0.29) is 16.1 Å². The number of ether oxygens (including phenoxy) is 1. The number of para-hydroxylation sites is 1. The molecule has 3 rings (SSSR count). The number of aryl methyl sites for hydroxylation is 1. The summed E-state index contributed by atoms with van der Waals surface area (Å²) in [4.78, 5) is 24.7. The molecule has 0 fully saturated rings. The van der Waals surface area contributed by atoms with Gasteiger partial charge in [-0.05, 0) is 55.8 Å². The summed E-state index contributed by atoms with van der Waals surface area (Å²) in [6.45, 7) is 2.75. The molecule has 172 valence electrons. The molecule has 0 unspecified atom stereocenters. The molecule has 3 aromatic rings. The molecular weight excluding hydrogens is 447 g/mol. The Balaban J connectivity index is 1.97. The number of esters is 1. The molecule has 0 atom stereocenters. The Bertz CT molecular complexity index is 1290. The molecule has 0 spiro atoms. The van der Waals surface area contributed by atoms with Crippen molar-refractivity contribution in [2.45, 2.75) is 18.7 Å². The Kier molecular flexibility index (Phi) is 7.13. The second-order valence-corrected chi connectivity index (χ2v) is 9.16. The molecule has 0 heterocycles. The first-order valence-corrected chi connectivity index (χ1v) is 11.4. The molecule has 0 aliphatic carbocycles. The number of halogens is 1. The highest BCUT2D eigenvalue weighted by atomic mass is 32.2. The zero-order chi connectivity index (χ0) is 24.2. The number of methoxy groups -OCH3 is 1. The number of sulfonamides is 1. The lowest BCUT2D eigenvalue weighted by atomic mass is 10.1. The first kappa shape index (κ1) is 23.9. The molecular formula is C24H23FN2O5S. The quantitative estimate of drug-likeness (QED) is 0.526. The van der Waals surface area contributed by atoms with Crippen molar-refractivity contribution in [1.82, 2.24) is 0 Å². The number of rotatable bonds is 7. The second-order valence-electron chi connectivity index (χ2n) is 7.29. The van der Waals surface area contributed by atoms with Crippen LogP contribution in [-0.2, 0) is 19.6 Å². The van der Waals surface area contributed by atoms with Gasteiger partial charge in [-0.3, -0.25) is 9.10 Å². The van der Waals surface area contributed by atoms with Crippen LogP contribution in [0, 0.1) is 19.7 Å². The number of nitrogens with zero attached hydrogens (tertiary/aromatic N) is 1. The average molecular weight is 471 g/mol. The van der Waals surface area contributed by atoms with Gasteiger partial charge in [-0.2, -0.15) is 0 Å². The van der Waals surface area contributed by atoms with Crippen molar-refractivity contribution in [3.63, 3.8) is 0 Å². The van der Waals surface area contributed by atoms with Gasteiger partial charge in [0.15, 0.2) is 0 Å². The van der Waals surface area contributed by atoms with E-state index in [4.69, 9.17) is 4.74 Å². The van der Waals surface area contributed by atoms with Gasteiger partial charge in [-0.1, -0.05) is 35.9 Å². The van der Waals surface area contributed by atoms with Crippen LogP contribution >= 0.6 is 0 Å². The summed E-state index contributed by atoms with van der Waals surface area (Å²) in [5, 5.41) is 2.61. The SMILES string of the molecule is COC(=O)c1cccc(NC(=O)CN(c2ccccc2F)S(=O)(=O)c2ccc(C)cc2)c1C. The zero-order valence-electron chi connectivity index (χ0n) is 18.3. The van der Waals surface area contributed by atoms with Crippen LogP contribution in [0.15, 0.2) is 71.6 Å². The van der Waals surface area contributed by atoms with Crippen molar-refractivity contribution in [2.75, 3.05) is 23.3 Å². The Labute approximate surface area is 191 Å². The van der Waals surface area contributed by atoms with Crippen LogP contribution in [0.3, 0.4) is 0 Å². The van der Waals surface area contributed by atoms with Gasteiger partial charge in [0, 0.05) is 5.69 Å². The van der Waals surface area contributed by atoms with Gasteiger partial charge in [0.1, 0.15) is 12.4 Å². The largest absolute Gasteiger partial charge is 0.465 e. The van der Waals surface area contributed by atoms with E-state index < -0.39 is 34.3 Å². The lowest BCUT2D eigenvalue weighted by molar-refractivity contribution is -0.114. The third-order valence-electron chi connectivity index (χ3n) is 5.03. The standard InChI is InChI=1S/C24H23FN2O5S/c1-16-11-13-18(14-12-16)33(30,31)27(22-10-5-4-8-20(22)25)15-23(28)26-21-9-6-7-19(17(21)2)24(29)32-3/h4-14H,15H2,1-3H3,(H,26,28). The highest BCUT2D eigenvalue weighted by Gasteiger charge is 2.29. The van der Waals surface area contributed by atoms with Crippen LogP contribution in [0.4, 0.5) is 15.8 Å². The van der Waals surface area contributed by atoms with Crippen molar-refractivity contribution < 1.29 is 27.1 Å². The topological polar surface area (TPSA) is 92.8 Å². The van der Waals surface area contributed by atoms with Crippen LogP contribution in [0.25, 0.3) is 0 Å². The fourth-order valence-electron chi connectivity index (χ4n) is 3.21. The third-order valence-corrected chi connectivity index (χ3v) is 6.80. The van der Waals surface area contributed by atoms with Crippen molar-refractivity contribution >= 4 is 33.3 Å². The molecule has 1 N–H and O–H groups in total. The molecule has 9 heteroatoms. The van der Waals surface area contributed by atoms with E-state index >= 15 is 0 Å². The van der Waals surface area contributed by atoms with Gasteiger partial charge >= 0.3 is 5.97 Å². The van der Waals surface area contributed by atoms with Crippen molar-refractivity contribution in [2.24, 2.45) is 0 Å². The van der Waals surface area contributed by atoms with Crippen LogP contribution in [0.5, 0.6) is 0 Å². The number of nitrogens with one attached hydrogen (secondary N) is 1. The van der Waals surface area contributed by atoms with Gasteiger partial charge < -0.3 is 10.1 Å². The number of amides is 1. The lowest BCUT2D eigenvalue weighted by Gasteiger charge is -2.24. The number of hydrogen-bond donors (Lipinski definition) is 1. The summed E-state index contributed by atoms with van der Waals surface area (Å²) in [5.74, 6) is -2.07. The second kappa shape index (κ2) is 9.83. The maximum absolute atomic E-state index is 14.6. The van der Waals surface area contributed by atoms with E-state index in [9.17, 15) is 22.4 Å². The van der Waals surface area contributed by atoms with E-state index in [1.54, 1.807) is 37.3 Å².